The number of ether oxygens (including phenoxy) is 1. The Morgan fingerprint density at radius 3 is 2.63 bits per heavy atom. The first-order valence-electron chi connectivity index (χ1n) is 8.86. The average Bonchev–Trinajstić information content (AvgIpc) is 3.17. The van der Waals surface area contributed by atoms with Crippen LogP contribution in [0.5, 0.6) is 11.5 Å². The fourth-order valence-electron chi connectivity index (χ4n) is 2.78. The van der Waals surface area contributed by atoms with Gasteiger partial charge in [0.05, 0.1) is 16.7 Å². The number of anilines is 1. The minimum atomic E-state index is -1.23. The maximum absolute atomic E-state index is 12.6. The number of carbonyl (C=O) groups excluding carboxylic acids is 1. The van der Waals surface area contributed by atoms with E-state index < -0.39 is 22.8 Å². The molecule has 154 valence electrons. The van der Waals surface area contributed by atoms with Crippen molar-refractivity contribution >= 4 is 23.3 Å². The summed E-state index contributed by atoms with van der Waals surface area (Å²) in [6.07, 6.45) is 1.27. The van der Waals surface area contributed by atoms with Crippen LogP contribution in [0, 0.1) is 17.0 Å². The Bertz CT molecular complexity index is 1120. The molecule has 1 amide bonds. The summed E-state index contributed by atoms with van der Waals surface area (Å²) < 4.78 is 6.76. The van der Waals surface area contributed by atoms with E-state index >= 15 is 0 Å². The number of carboxylic acid groups (broad SMARTS) is 1. The van der Waals surface area contributed by atoms with Crippen LogP contribution >= 0.6 is 0 Å². The van der Waals surface area contributed by atoms with E-state index in [0.717, 1.165) is 10.2 Å². The predicted octanol–water partition coefficient (Wildman–Crippen LogP) is 3.79. The standard InChI is InChI=1S/C20H18N4O6/c1-12-4-3-5-16(8-12)30-17-10-14(9-15(11-17)24(28)29)22-19(25)13(2)23-18(20(26)27)6-7-21-23/h3-11,13H,1-2H3,(H,22,25)(H,26,27). The molecule has 0 aliphatic carbocycles. The van der Waals surface area contributed by atoms with Crippen molar-refractivity contribution in [3.63, 3.8) is 0 Å². The Morgan fingerprint density at radius 2 is 1.97 bits per heavy atom. The Hall–Kier alpha value is -4.21. The number of amides is 1. The van der Waals surface area contributed by atoms with Crippen LogP contribution in [0.2, 0.25) is 0 Å². The number of nitrogens with one attached hydrogen (secondary N) is 1. The summed E-state index contributed by atoms with van der Waals surface area (Å²) in [4.78, 5) is 34.5. The molecule has 0 saturated heterocycles. The average molecular weight is 410 g/mol. The van der Waals surface area contributed by atoms with E-state index in [1.54, 1.807) is 18.2 Å². The maximum atomic E-state index is 12.6. The van der Waals surface area contributed by atoms with Gasteiger partial charge in [0.25, 0.3) is 5.69 Å². The van der Waals surface area contributed by atoms with Crippen molar-refractivity contribution in [1.82, 2.24) is 9.78 Å². The quantitative estimate of drug-likeness (QED) is 0.446. The predicted molar refractivity (Wildman–Crippen MR) is 107 cm³/mol. The molecule has 0 saturated carbocycles. The summed E-state index contributed by atoms with van der Waals surface area (Å²) in [5.41, 5.74) is 0.662. The summed E-state index contributed by atoms with van der Waals surface area (Å²) in [5.74, 6) is -1.16. The van der Waals surface area contributed by atoms with Crippen LogP contribution < -0.4 is 10.1 Å². The normalized spacial score (nSPS) is 11.5. The molecular formula is C20H18N4O6. The molecule has 1 atom stereocenters. The molecule has 1 unspecified atom stereocenters. The van der Waals surface area contributed by atoms with Crippen LogP contribution in [0.15, 0.2) is 54.7 Å². The van der Waals surface area contributed by atoms with Crippen molar-refractivity contribution < 1.29 is 24.4 Å². The number of aryl methyl sites for hydroxylation is 1. The number of benzene rings is 2. The third kappa shape index (κ3) is 4.61. The number of carbonyl (C=O) groups is 2. The van der Waals surface area contributed by atoms with Gasteiger partial charge < -0.3 is 15.2 Å². The highest BCUT2D eigenvalue weighted by molar-refractivity contribution is 5.95. The van der Waals surface area contributed by atoms with Gasteiger partial charge in [-0.1, -0.05) is 12.1 Å². The lowest BCUT2D eigenvalue weighted by Gasteiger charge is -2.15. The molecule has 10 heteroatoms. The Labute approximate surface area is 170 Å². The minimum Gasteiger partial charge on any atom is -0.477 e. The molecule has 3 rings (SSSR count). The zero-order valence-electron chi connectivity index (χ0n) is 16.1. The number of hydrogen-bond donors (Lipinski definition) is 2. The van der Waals surface area contributed by atoms with E-state index in [1.807, 2.05) is 13.0 Å². The smallest absolute Gasteiger partial charge is 0.354 e. The van der Waals surface area contributed by atoms with Gasteiger partial charge in [-0.05, 0) is 37.6 Å². The fraction of sp³-hybridized carbons (Fsp3) is 0.150. The second kappa shape index (κ2) is 8.43. The van der Waals surface area contributed by atoms with Crippen molar-refractivity contribution in [2.75, 3.05) is 5.32 Å². The molecule has 3 aromatic rings. The molecule has 1 heterocycles. The lowest BCUT2D eigenvalue weighted by Crippen LogP contribution is -2.26. The molecule has 30 heavy (non-hydrogen) atoms. The number of non-ortho nitro benzene ring substituents is 1. The van der Waals surface area contributed by atoms with Gasteiger partial charge >= 0.3 is 5.97 Å². The van der Waals surface area contributed by atoms with Gasteiger partial charge in [0.2, 0.25) is 5.91 Å². The summed E-state index contributed by atoms with van der Waals surface area (Å²) in [5, 5.41) is 26.9. The van der Waals surface area contributed by atoms with E-state index in [2.05, 4.69) is 10.4 Å². The van der Waals surface area contributed by atoms with Crippen molar-refractivity contribution in [1.29, 1.82) is 0 Å². The van der Waals surface area contributed by atoms with Crippen LogP contribution in [0.4, 0.5) is 11.4 Å². The van der Waals surface area contributed by atoms with Gasteiger partial charge in [0.1, 0.15) is 23.2 Å². The molecule has 0 fully saturated rings. The number of rotatable bonds is 7. The lowest BCUT2D eigenvalue weighted by atomic mass is 10.2. The van der Waals surface area contributed by atoms with Crippen molar-refractivity contribution in [3.8, 4) is 11.5 Å². The third-order valence-corrected chi connectivity index (χ3v) is 4.23. The van der Waals surface area contributed by atoms with Crippen LogP contribution in [0.3, 0.4) is 0 Å². The second-order valence-corrected chi connectivity index (χ2v) is 6.52. The van der Waals surface area contributed by atoms with Gasteiger partial charge in [0, 0.05) is 18.3 Å². The molecule has 0 bridgehead atoms. The Balaban J connectivity index is 1.86. The third-order valence-electron chi connectivity index (χ3n) is 4.23. The van der Waals surface area contributed by atoms with Gasteiger partial charge in [-0.15, -0.1) is 0 Å². The first-order valence-corrected chi connectivity index (χ1v) is 8.86. The highest BCUT2D eigenvalue weighted by Gasteiger charge is 2.22. The monoisotopic (exact) mass is 410 g/mol. The number of aromatic carboxylic acids is 1. The van der Waals surface area contributed by atoms with Gasteiger partial charge in [0.15, 0.2) is 0 Å². The lowest BCUT2D eigenvalue weighted by molar-refractivity contribution is -0.384. The van der Waals surface area contributed by atoms with Crippen LogP contribution in [0.1, 0.15) is 29.0 Å². The largest absolute Gasteiger partial charge is 0.477 e. The van der Waals surface area contributed by atoms with Crippen molar-refractivity contribution in [3.05, 3.63) is 76.1 Å². The summed E-state index contributed by atoms with van der Waals surface area (Å²) in [6.45, 7) is 3.35. The number of hydrogen-bond acceptors (Lipinski definition) is 6. The molecule has 1 aromatic heterocycles. The molecule has 2 aromatic carbocycles. The first-order chi connectivity index (χ1) is 14.2. The molecule has 0 aliphatic rings. The van der Waals surface area contributed by atoms with Crippen molar-refractivity contribution in [2.45, 2.75) is 19.9 Å². The molecular weight excluding hydrogens is 392 g/mol. The zero-order chi connectivity index (χ0) is 21.8. The summed E-state index contributed by atoms with van der Waals surface area (Å²) in [6, 6.07) is 11.3. The van der Waals surface area contributed by atoms with E-state index in [-0.39, 0.29) is 22.8 Å². The molecule has 0 aliphatic heterocycles. The number of nitro benzene ring substituents is 1. The minimum absolute atomic E-state index is 0.132. The molecule has 0 radical (unpaired) electrons. The van der Waals surface area contributed by atoms with E-state index in [4.69, 9.17) is 4.74 Å². The van der Waals surface area contributed by atoms with E-state index in [1.165, 1.54) is 37.4 Å². The van der Waals surface area contributed by atoms with Gasteiger partial charge in [-0.3, -0.25) is 14.9 Å². The van der Waals surface area contributed by atoms with E-state index in [0.29, 0.717) is 5.75 Å². The SMILES string of the molecule is Cc1cccc(Oc2cc(NC(=O)C(C)n3nccc3C(=O)O)cc([N+](=O)[O-])c2)c1. The van der Waals surface area contributed by atoms with Crippen LogP contribution in [-0.4, -0.2) is 31.7 Å². The highest BCUT2D eigenvalue weighted by atomic mass is 16.6. The zero-order valence-corrected chi connectivity index (χ0v) is 16.1. The maximum Gasteiger partial charge on any atom is 0.354 e. The van der Waals surface area contributed by atoms with Crippen LogP contribution in [-0.2, 0) is 4.79 Å². The number of aromatic nitrogens is 2. The van der Waals surface area contributed by atoms with Gasteiger partial charge in [-0.2, -0.15) is 5.10 Å². The first kappa shape index (κ1) is 20.5. The summed E-state index contributed by atoms with van der Waals surface area (Å²) >= 11 is 0. The Morgan fingerprint density at radius 1 is 1.20 bits per heavy atom. The number of nitro groups is 1. The number of nitrogens with zero attached hydrogens (tertiary/aromatic N) is 3. The molecule has 0 spiro atoms. The van der Waals surface area contributed by atoms with Crippen LogP contribution in [0.25, 0.3) is 0 Å². The highest BCUT2D eigenvalue weighted by Crippen LogP contribution is 2.30. The molecule has 2 N–H and O–H groups in total. The fourth-order valence-corrected chi connectivity index (χ4v) is 2.78. The van der Waals surface area contributed by atoms with Crippen molar-refractivity contribution in [2.24, 2.45) is 0 Å². The topological polar surface area (TPSA) is 137 Å². The molecule has 10 nitrogen and oxygen atoms in total. The van der Waals surface area contributed by atoms with E-state index in [9.17, 15) is 24.8 Å². The number of carboxylic acids is 1. The Kier molecular flexibility index (Phi) is 5.77. The second-order valence-electron chi connectivity index (χ2n) is 6.52. The van der Waals surface area contributed by atoms with Gasteiger partial charge in [-0.25, -0.2) is 9.48 Å². The summed E-state index contributed by atoms with van der Waals surface area (Å²) in [7, 11) is 0.